The summed E-state index contributed by atoms with van der Waals surface area (Å²) in [6.07, 6.45) is 1.13. The van der Waals surface area contributed by atoms with Gasteiger partial charge in [-0.1, -0.05) is 82.3 Å². The Kier molecular flexibility index (Phi) is 10.5. The lowest BCUT2D eigenvalue weighted by Crippen LogP contribution is -2.34. The van der Waals surface area contributed by atoms with Gasteiger partial charge in [-0.25, -0.2) is 13.2 Å². The minimum Gasteiger partial charge on any atom is -0.406 e. The van der Waals surface area contributed by atoms with Crippen LogP contribution in [0.15, 0.2) is 82.2 Å². The number of rotatable bonds is 10. The first-order valence-corrected chi connectivity index (χ1v) is 17.5. The lowest BCUT2D eigenvalue weighted by molar-refractivity contribution is -0.274. The van der Waals surface area contributed by atoms with Crippen molar-refractivity contribution in [2.75, 3.05) is 5.32 Å². The number of amides is 2. The van der Waals surface area contributed by atoms with E-state index in [-0.39, 0.29) is 33.5 Å². The molecule has 0 spiro atoms. The van der Waals surface area contributed by atoms with E-state index in [0.29, 0.717) is 29.2 Å². The van der Waals surface area contributed by atoms with Crippen LogP contribution in [0, 0.1) is 5.92 Å². The van der Waals surface area contributed by atoms with E-state index in [0.717, 1.165) is 49.8 Å². The fraction of sp³-hybridized carbons (Fsp3) is 0.400. The summed E-state index contributed by atoms with van der Waals surface area (Å²) >= 11 is 0. The van der Waals surface area contributed by atoms with Crippen molar-refractivity contribution in [2.45, 2.75) is 87.8 Å². The number of halogens is 3. The first-order valence-electron chi connectivity index (χ1n) is 15.8. The van der Waals surface area contributed by atoms with Crippen LogP contribution in [0.25, 0.3) is 11.4 Å². The standard InChI is InChI=1S/C35H39F3N4O5S/c1-34(2,3)26-13-19-29(20-14-26)48(44,45)22-24-9-15-27(16-10-24)39-33(43)40-30(21-23-7-5-4-6-8-23)32-41-31(42-47-32)25-11-17-28(18-12-25)46-35(36,37)38/h9-20,23,30H,4-8,21-22H2,1-3H3,(H2,39,40,43)/t30-/m0/s1. The summed E-state index contributed by atoms with van der Waals surface area (Å²) in [5.41, 5.74) is 2.42. The molecular formula is C35H39F3N4O5S. The predicted molar refractivity (Wildman–Crippen MR) is 175 cm³/mol. The number of aromatic nitrogens is 2. The van der Waals surface area contributed by atoms with Gasteiger partial charge in [0.05, 0.1) is 10.6 Å². The highest BCUT2D eigenvalue weighted by Gasteiger charge is 2.31. The molecule has 0 unspecified atom stereocenters. The molecule has 5 rings (SSSR count). The van der Waals surface area contributed by atoms with E-state index in [1.54, 1.807) is 36.4 Å². The van der Waals surface area contributed by atoms with E-state index in [2.05, 4.69) is 46.3 Å². The van der Waals surface area contributed by atoms with Gasteiger partial charge in [0.15, 0.2) is 9.84 Å². The van der Waals surface area contributed by atoms with Crippen LogP contribution in [0.2, 0.25) is 0 Å². The molecule has 1 heterocycles. The fourth-order valence-corrected chi connectivity index (χ4v) is 7.10. The van der Waals surface area contributed by atoms with E-state index in [1.807, 2.05) is 12.1 Å². The van der Waals surface area contributed by atoms with Gasteiger partial charge >= 0.3 is 12.4 Å². The number of urea groups is 1. The molecule has 2 N–H and O–H groups in total. The van der Waals surface area contributed by atoms with Crippen molar-refractivity contribution in [3.63, 3.8) is 0 Å². The minimum atomic E-state index is -4.80. The zero-order chi connectivity index (χ0) is 34.5. The average molecular weight is 685 g/mol. The fourth-order valence-electron chi connectivity index (χ4n) is 5.75. The Labute approximate surface area is 278 Å². The van der Waals surface area contributed by atoms with Crippen molar-refractivity contribution < 1.29 is 35.6 Å². The normalized spacial score (nSPS) is 15.1. The second-order valence-electron chi connectivity index (χ2n) is 13.1. The third-order valence-corrected chi connectivity index (χ3v) is 10.0. The molecule has 1 aliphatic rings. The molecule has 9 nitrogen and oxygen atoms in total. The summed E-state index contributed by atoms with van der Waals surface area (Å²) in [5, 5.41) is 9.72. The summed E-state index contributed by atoms with van der Waals surface area (Å²) in [7, 11) is -3.57. The van der Waals surface area contributed by atoms with Crippen LogP contribution < -0.4 is 15.4 Å². The van der Waals surface area contributed by atoms with Gasteiger partial charge < -0.3 is 19.9 Å². The molecule has 4 aromatic rings. The van der Waals surface area contributed by atoms with Crippen LogP contribution >= 0.6 is 0 Å². The van der Waals surface area contributed by atoms with Crippen LogP contribution in [-0.2, 0) is 21.0 Å². The lowest BCUT2D eigenvalue weighted by Gasteiger charge is -2.25. The summed E-state index contributed by atoms with van der Waals surface area (Å²) < 4.78 is 73.2. The van der Waals surface area contributed by atoms with Gasteiger partial charge in [0, 0.05) is 11.3 Å². The first kappa shape index (κ1) is 34.9. The SMILES string of the molecule is CC(C)(C)c1ccc(S(=O)(=O)Cc2ccc(NC(=O)N[C@@H](CC3CCCCC3)c3nc(-c4ccc(OC(F)(F)F)cc4)no3)cc2)cc1. The molecule has 256 valence electrons. The Balaban J connectivity index is 1.24. The number of carbonyl (C=O) groups excluding carboxylic acids is 1. The zero-order valence-electron chi connectivity index (χ0n) is 27.0. The zero-order valence-corrected chi connectivity index (χ0v) is 27.8. The van der Waals surface area contributed by atoms with Crippen LogP contribution in [-0.4, -0.2) is 31.0 Å². The molecule has 1 fully saturated rings. The van der Waals surface area contributed by atoms with Gasteiger partial charge in [-0.2, -0.15) is 4.98 Å². The lowest BCUT2D eigenvalue weighted by atomic mass is 9.85. The van der Waals surface area contributed by atoms with Gasteiger partial charge in [-0.3, -0.25) is 0 Å². The molecule has 48 heavy (non-hydrogen) atoms. The maximum absolute atomic E-state index is 13.1. The Morgan fingerprint density at radius 3 is 2.19 bits per heavy atom. The number of carbonyl (C=O) groups is 1. The predicted octanol–water partition coefficient (Wildman–Crippen LogP) is 8.74. The molecule has 1 aromatic heterocycles. The third-order valence-electron chi connectivity index (χ3n) is 8.33. The molecule has 13 heteroatoms. The topological polar surface area (TPSA) is 123 Å². The summed E-state index contributed by atoms with van der Waals surface area (Å²) in [6.45, 7) is 6.20. The maximum Gasteiger partial charge on any atom is 0.573 e. The molecule has 0 aliphatic heterocycles. The Bertz CT molecular complexity index is 1780. The number of nitrogens with one attached hydrogen (secondary N) is 2. The van der Waals surface area contributed by atoms with Crippen molar-refractivity contribution in [1.29, 1.82) is 0 Å². The van der Waals surface area contributed by atoms with E-state index in [4.69, 9.17) is 4.52 Å². The average Bonchev–Trinajstić information content (AvgIpc) is 3.52. The molecule has 3 aromatic carbocycles. The second kappa shape index (κ2) is 14.4. The van der Waals surface area contributed by atoms with Crippen LogP contribution in [0.1, 0.15) is 82.4 Å². The highest BCUT2D eigenvalue weighted by atomic mass is 32.2. The van der Waals surface area contributed by atoms with Crippen molar-refractivity contribution >= 4 is 21.6 Å². The number of sulfone groups is 1. The second-order valence-corrected chi connectivity index (χ2v) is 15.1. The number of benzene rings is 3. The molecule has 1 saturated carbocycles. The van der Waals surface area contributed by atoms with E-state index in [9.17, 15) is 26.4 Å². The van der Waals surface area contributed by atoms with Gasteiger partial charge in [0.25, 0.3) is 0 Å². The first-order chi connectivity index (χ1) is 22.6. The Morgan fingerprint density at radius 1 is 0.938 bits per heavy atom. The van der Waals surface area contributed by atoms with Crippen molar-refractivity contribution in [3.8, 4) is 17.1 Å². The van der Waals surface area contributed by atoms with Gasteiger partial charge in [-0.15, -0.1) is 13.2 Å². The summed E-state index contributed by atoms with van der Waals surface area (Å²) in [4.78, 5) is 17.9. The quantitative estimate of drug-likeness (QED) is 0.171. The van der Waals surface area contributed by atoms with Gasteiger partial charge in [0.2, 0.25) is 11.7 Å². The highest BCUT2D eigenvalue weighted by molar-refractivity contribution is 7.90. The van der Waals surface area contributed by atoms with Crippen LogP contribution in [0.5, 0.6) is 5.75 Å². The largest absolute Gasteiger partial charge is 0.573 e. The molecule has 0 bridgehead atoms. The monoisotopic (exact) mass is 684 g/mol. The van der Waals surface area contributed by atoms with Crippen molar-refractivity contribution in [2.24, 2.45) is 5.92 Å². The number of nitrogens with zero attached hydrogens (tertiary/aromatic N) is 2. The highest BCUT2D eigenvalue weighted by Crippen LogP contribution is 2.33. The molecule has 1 atom stereocenters. The minimum absolute atomic E-state index is 0.0878. The van der Waals surface area contributed by atoms with E-state index < -0.39 is 28.3 Å². The Morgan fingerprint density at radius 2 is 1.58 bits per heavy atom. The summed E-state index contributed by atoms with van der Waals surface area (Å²) in [6, 6.07) is 17.5. The number of ether oxygens (including phenoxy) is 1. The number of anilines is 1. The van der Waals surface area contributed by atoms with E-state index in [1.165, 1.54) is 12.1 Å². The molecule has 1 aliphatic carbocycles. The number of hydrogen-bond acceptors (Lipinski definition) is 7. The molecule has 0 radical (unpaired) electrons. The number of alkyl halides is 3. The van der Waals surface area contributed by atoms with Crippen molar-refractivity contribution in [3.05, 3.63) is 89.8 Å². The van der Waals surface area contributed by atoms with Gasteiger partial charge in [0.1, 0.15) is 11.8 Å². The van der Waals surface area contributed by atoms with Gasteiger partial charge in [-0.05, 0) is 77.4 Å². The number of hydrogen-bond donors (Lipinski definition) is 2. The van der Waals surface area contributed by atoms with Crippen molar-refractivity contribution in [1.82, 2.24) is 15.5 Å². The maximum atomic E-state index is 13.1. The smallest absolute Gasteiger partial charge is 0.406 e. The van der Waals surface area contributed by atoms with E-state index >= 15 is 0 Å². The van der Waals surface area contributed by atoms with Crippen LogP contribution in [0.4, 0.5) is 23.7 Å². The molecular weight excluding hydrogens is 645 g/mol. The summed E-state index contributed by atoms with van der Waals surface area (Å²) in [5.74, 6) is 0.121. The third kappa shape index (κ3) is 9.59. The Hall–Kier alpha value is -4.39. The molecule has 0 saturated heterocycles. The van der Waals surface area contributed by atoms with Crippen LogP contribution in [0.3, 0.4) is 0 Å². The molecule has 2 amide bonds.